The Morgan fingerprint density at radius 1 is 1.38 bits per heavy atom. The molecule has 0 aliphatic heterocycles. The van der Waals surface area contributed by atoms with Crippen LogP contribution in [0.15, 0.2) is 41.1 Å². The van der Waals surface area contributed by atoms with Gasteiger partial charge in [0.15, 0.2) is 0 Å². The van der Waals surface area contributed by atoms with Gasteiger partial charge in [0.25, 0.3) is 0 Å². The first-order valence-electron chi connectivity index (χ1n) is 4.95. The van der Waals surface area contributed by atoms with E-state index in [1.54, 1.807) is 6.07 Å². The van der Waals surface area contributed by atoms with Crippen LogP contribution in [0.1, 0.15) is 5.56 Å². The molecule has 2 nitrogen and oxygen atoms in total. The number of hydrogen-bond acceptors (Lipinski definition) is 1. The zero-order valence-electron chi connectivity index (χ0n) is 8.87. The molecule has 0 atom stereocenters. The highest BCUT2D eigenvalue weighted by Gasteiger charge is 2.01. The van der Waals surface area contributed by atoms with Crippen LogP contribution in [0.3, 0.4) is 0 Å². The second-order valence-electron chi connectivity index (χ2n) is 3.66. The van der Waals surface area contributed by atoms with E-state index in [1.807, 2.05) is 30.1 Å². The third kappa shape index (κ3) is 2.64. The summed E-state index contributed by atoms with van der Waals surface area (Å²) in [5, 5.41) is 3.24. The number of benzene rings is 1. The maximum absolute atomic E-state index is 12.9. The van der Waals surface area contributed by atoms with E-state index < -0.39 is 0 Å². The quantitative estimate of drug-likeness (QED) is 0.911. The standard InChI is InChI=1S/C12H12BrFN2/c1-16-5-4-9(8-16)7-15-12-3-2-10(14)6-11(12)13/h2-6,8,15H,7H2,1H3. The van der Waals surface area contributed by atoms with Crippen molar-refractivity contribution < 1.29 is 4.39 Å². The highest BCUT2D eigenvalue weighted by molar-refractivity contribution is 9.10. The van der Waals surface area contributed by atoms with Crippen molar-refractivity contribution in [1.29, 1.82) is 0 Å². The van der Waals surface area contributed by atoms with Crippen LogP contribution in [-0.2, 0) is 13.6 Å². The van der Waals surface area contributed by atoms with Crippen molar-refractivity contribution in [2.75, 3.05) is 5.32 Å². The first-order valence-corrected chi connectivity index (χ1v) is 5.74. The highest BCUT2D eigenvalue weighted by atomic mass is 79.9. The molecule has 0 aliphatic rings. The van der Waals surface area contributed by atoms with Crippen LogP contribution >= 0.6 is 15.9 Å². The van der Waals surface area contributed by atoms with E-state index in [9.17, 15) is 4.39 Å². The molecule has 0 radical (unpaired) electrons. The van der Waals surface area contributed by atoms with Gasteiger partial charge in [-0.05, 0) is 45.8 Å². The minimum atomic E-state index is -0.239. The Labute approximate surface area is 102 Å². The molecule has 1 heterocycles. The lowest BCUT2D eigenvalue weighted by Gasteiger charge is -2.07. The van der Waals surface area contributed by atoms with Crippen molar-refractivity contribution in [1.82, 2.24) is 4.57 Å². The van der Waals surface area contributed by atoms with Crippen LogP contribution in [0.2, 0.25) is 0 Å². The summed E-state index contributed by atoms with van der Waals surface area (Å²) in [5.74, 6) is -0.239. The third-order valence-corrected chi connectivity index (χ3v) is 2.96. The number of rotatable bonds is 3. The number of halogens is 2. The number of nitrogens with zero attached hydrogens (tertiary/aromatic N) is 1. The molecule has 1 N–H and O–H groups in total. The van der Waals surface area contributed by atoms with Crippen molar-refractivity contribution in [3.8, 4) is 0 Å². The van der Waals surface area contributed by atoms with E-state index in [0.29, 0.717) is 0 Å². The van der Waals surface area contributed by atoms with Crippen LogP contribution in [0.5, 0.6) is 0 Å². The lowest BCUT2D eigenvalue weighted by molar-refractivity contribution is 0.627. The Morgan fingerprint density at radius 2 is 2.19 bits per heavy atom. The molecule has 0 fully saturated rings. The maximum Gasteiger partial charge on any atom is 0.124 e. The second kappa shape index (κ2) is 4.70. The van der Waals surface area contributed by atoms with Crippen LogP contribution in [0.25, 0.3) is 0 Å². The van der Waals surface area contributed by atoms with Crippen molar-refractivity contribution in [2.45, 2.75) is 6.54 Å². The van der Waals surface area contributed by atoms with Crippen molar-refractivity contribution in [3.63, 3.8) is 0 Å². The van der Waals surface area contributed by atoms with E-state index in [-0.39, 0.29) is 5.82 Å². The predicted molar refractivity (Wildman–Crippen MR) is 66.8 cm³/mol. The van der Waals surface area contributed by atoms with Gasteiger partial charge in [0.2, 0.25) is 0 Å². The molecule has 16 heavy (non-hydrogen) atoms. The number of hydrogen-bond donors (Lipinski definition) is 1. The van der Waals surface area contributed by atoms with Gasteiger partial charge in [-0.15, -0.1) is 0 Å². The molecular weight excluding hydrogens is 271 g/mol. The molecule has 0 amide bonds. The molecule has 0 unspecified atom stereocenters. The van der Waals surface area contributed by atoms with E-state index in [0.717, 1.165) is 16.7 Å². The Balaban J connectivity index is 2.04. The minimum Gasteiger partial charge on any atom is -0.380 e. The molecule has 0 saturated heterocycles. The SMILES string of the molecule is Cn1ccc(CNc2ccc(F)cc2Br)c1. The molecule has 2 rings (SSSR count). The van der Waals surface area contributed by atoms with Gasteiger partial charge in [0.05, 0.1) is 0 Å². The van der Waals surface area contributed by atoms with Crippen molar-refractivity contribution in [2.24, 2.45) is 7.05 Å². The molecular formula is C12H12BrFN2. The van der Waals surface area contributed by atoms with E-state index in [2.05, 4.69) is 21.2 Å². The first-order chi connectivity index (χ1) is 7.65. The summed E-state index contributed by atoms with van der Waals surface area (Å²) < 4.78 is 15.6. The summed E-state index contributed by atoms with van der Waals surface area (Å²) >= 11 is 3.32. The Bertz CT molecular complexity index is 494. The van der Waals surface area contributed by atoms with E-state index >= 15 is 0 Å². The lowest BCUT2D eigenvalue weighted by Crippen LogP contribution is -1.99. The molecule has 0 saturated carbocycles. The summed E-state index contributed by atoms with van der Waals surface area (Å²) in [6.07, 6.45) is 4.04. The van der Waals surface area contributed by atoms with Crippen LogP contribution in [0, 0.1) is 5.82 Å². The summed E-state index contributed by atoms with van der Waals surface area (Å²) in [6, 6.07) is 6.66. The molecule has 1 aromatic carbocycles. The molecule has 84 valence electrons. The smallest absolute Gasteiger partial charge is 0.124 e. The number of nitrogens with one attached hydrogen (secondary N) is 1. The van der Waals surface area contributed by atoms with Crippen molar-refractivity contribution >= 4 is 21.6 Å². The molecule has 4 heteroatoms. The van der Waals surface area contributed by atoms with Gasteiger partial charge in [-0.2, -0.15) is 0 Å². The minimum absolute atomic E-state index is 0.239. The fourth-order valence-electron chi connectivity index (χ4n) is 1.50. The Morgan fingerprint density at radius 3 is 2.81 bits per heavy atom. The monoisotopic (exact) mass is 282 g/mol. The van der Waals surface area contributed by atoms with Gasteiger partial charge >= 0.3 is 0 Å². The normalized spacial score (nSPS) is 10.4. The van der Waals surface area contributed by atoms with E-state index in [4.69, 9.17) is 0 Å². The summed E-state index contributed by atoms with van der Waals surface area (Å²) in [7, 11) is 1.98. The zero-order valence-corrected chi connectivity index (χ0v) is 10.5. The summed E-state index contributed by atoms with van der Waals surface area (Å²) in [4.78, 5) is 0. The average molecular weight is 283 g/mol. The van der Waals surface area contributed by atoms with Crippen LogP contribution in [0.4, 0.5) is 10.1 Å². The lowest BCUT2D eigenvalue weighted by atomic mass is 10.3. The van der Waals surface area contributed by atoms with Crippen LogP contribution in [-0.4, -0.2) is 4.57 Å². The fourth-order valence-corrected chi connectivity index (χ4v) is 1.99. The molecule has 0 aliphatic carbocycles. The summed E-state index contributed by atoms with van der Waals surface area (Å²) in [5.41, 5.74) is 2.09. The van der Waals surface area contributed by atoms with Gasteiger partial charge in [0.1, 0.15) is 5.82 Å². The van der Waals surface area contributed by atoms with Gasteiger partial charge in [-0.3, -0.25) is 0 Å². The summed E-state index contributed by atoms with van der Waals surface area (Å²) in [6.45, 7) is 0.727. The number of aromatic nitrogens is 1. The van der Waals surface area contributed by atoms with E-state index in [1.165, 1.54) is 17.7 Å². The Hall–Kier alpha value is -1.29. The second-order valence-corrected chi connectivity index (χ2v) is 4.52. The number of anilines is 1. The van der Waals surface area contributed by atoms with Crippen molar-refractivity contribution in [3.05, 3.63) is 52.5 Å². The Kier molecular flexibility index (Phi) is 3.29. The molecule has 1 aromatic heterocycles. The molecule has 0 bridgehead atoms. The van der Waals surface area contributed by atoms with Gasteiger partial charge in [-0.1, -0.05) is 0 Å². The first kappa shape index (κ1) is 11.2. The highest BCUT2D eigenvalue weighted by Crippen LogP contribution is 2.23. The molecule has 0 spiro atoms. The topological polar surface area (TPSA) is 17.0 Å². The van der Waals surface area contributed by atoms with Gasteiger partial charge in [0, 0.05) is 36.1 Å². The number of aryl methyl sites for hydroxylation is 1. The van der Waals surface area contributed by atoms with Crippen LogP contribution < -0.4 is 5.32 Å². The zero-order chi connectivity index (χ0) is 11.5. The third-order valence-electron chi connectivity index (χ3n) is 2.31. The fraction of sp³-hybridized carbons (Fsp3) is 0.167. The maximum atomic E-state index is 12.9. The largest absolute Gasteiger partial charge is 0.380 e. The average Bonchev–Trinajstić information content (AvgIpc) is 2.63. The van der Waals surface area contributed by atoms with Gasteiger partial charge in [-0.25, -0.2) is 4.39 Å². The predicted octanol–water partition coefficient (Wildman–Crippen LogP) is 3.54. The van der Waals surface area contributed by atoms with Gasteiger partial charge < -0.3 is 9.88 Å². The molecule has 2 aromatic rings.